The van der Waals surface area contributed by atoms with Crippen LogP contribution in [0.15, 0.2) is 133 Å². The van der Waals surface area contributed by atoms with Gasteiger partial charge < -0.3 is 4.90 Å². The summed E-state index contributed by atoms with van der Waals surface area (Å²) < 4.78 is 0. The van der Waals surface area contributed by atoms with Crippen molar-refractivity contribution in [3.05, 3.63) is 161 Å². The van der Waals surface area contributed by atoms with Crippen LogP contribution < -0.4 is 4.90 Å². The van der Waals surface area contributed by atoms with Crippen LogP contribution in [0.4, 0.5) is 5.69 Å². The molecule has 214 valence electrons. The van der Waals surface area contributed by atoms with E-state index in [0.717, 1.165) is 19.5 Å². The number of benzene rings is 6. The molecular formula is C42H41N. The van der Waals surface area contributed by atoms with Gasteiger partial charge in [-0.25, -0.2) is 0 Å². The minimum atomic E-state index is 0.906. The lowest BCUT2D eigenvalue weighted by molar-refractivity contribution is 0.715. The highest BCUT2D eigenvalue weighted by molar-refractivity contribution is 5.87. The molecule has 6 rings (SSSR count). The maximum absolute atomic E-state index is 2.58. The first kappa shape index (κ1) is 28.5. The molecule has 0 fully saturated rings. The topological polar surface area (TPSA) is 3.24 Å². The lowest BCUT2D eigenvalue weighted by atomic mass is 9.94. The minimum Gasteiger partial charge on any atom is -0.367 e. The van der Waals surface area contributed by atoms with Gasteiger partial charge in [0.25, 0.3) is 0 Å². The molecule has 0 spiro atoms. The predicted molar refractivity (Wildman–Crippen MR) is 186 cm³/mol. The maximum atomic E-state index is 2.58. The van der Waals surface area contributed by atoms with E-state index in [4.69, 9.17) is 0 Å². The fraction of sp³-hybridized carbons (Fsp3) is 0.190. The average molecular weight is 560 g/mol. The first-order chi connectivity index (χ1) is 21.1. The molecule has 0 aromatic heterocycles. The van der Waals surface area contributed by atoms with Crippen molar-refractivity contribution in [2.75, 3.05) is 11.4 Å². The number of nitrogens with zero attached hydrogens (tertiary/aromatic N) is 1. The van der Waals surface area contributed by atoms with Crippen molar-refractivity contribution in [1.29, 1.82) is 0 Å². The van der Waals surface area contributed by atoms with Gasteiger partial charge in [0, 0.05) is 18.8 Å². The van der Waals surface area contributed by atoms with E-state index in [9.17, 15) is 0 Å². The van der Waals surface area contributed by atoms with Gasteiger partial charge in [0.2, 0.25) is 0 Å². The van der Waals surface area contributed by atoms with Gasteiger partial charge in [0.15, 0.2) is 0 Å². The van der Waals surface area contributed by atoms with E-state index in [1.54, 1.807) is 0 Å². The highest BCUT2D eigenvalue weighted by Gasteiger charge is 2.13. The van der Waals surface area contributed by atoms with Crippen LogP contribution in [0.2, 0.25) is 0 Å². The number of anilines is 1. The molecule has 6 aromatic rings. The number of hydrogen-bond acceptors (Lipinski definition) is 1. The minimum absolute atomic E-state index is 0.906. The standard InChI is InChI=1S/C42H41N/c1-4-5-23-43(41-25-31(2)24-40(29-41)36-16-10-7-11-17-36)30-39-22-21-37-20-19-34(28-42(37)32(39)3)26-33-13-12-18-38(27-33)35-14-8-6-9-15-35/h6-22,24-25,27-29H,4-5,23,26,30H2,1-3H3. The van der Waals surface area contributed by atoms with E-state index in [1.165, 1.54) is 79.4 Å². The molecule has 0 aliphatic carbocycles. The quantitative estimate of drug-likeness (QED) is 0.161. The second-order valence-electron chi connectivity index (χ2n) is 11.8. The van der Waals surface area contributed by atoms with Crippen LogP contribution in [0, 0.1) is 13.8 Å². The van der Waals surface area contributed by atoms with E-state index in [2.05, 4.69) is 159 Å². The molecule has 0 bridgehead atoms. The molecule has 6 aromatic carbocycles. The summed E-state index contributed by atoms with van der Waals surface area (Å²) in [6.07, 6.45) is 3.28. The van der Waals surface area contributed by atoms with Crippen molar-refractivity contribution in [2.24, 2.45) is 0 Å². The Balaban J connectivity index is 1.29. The fourth-order valence-corrected chi connectivity index (χ4v) is 6.17. The molecule has 0 N–H and O–H groups in total. The Morgan fingerprint density at radius 1 is 0.558 bits per heavy atom. The number of fused-ring (bicyclic) bond motifs is 1. The van der Waals surface area contributed by atoms with E-state index in [1.807, 2.05) is 0 Å². The average Bonchev–Trinajstić information content (AvgIpc) is 3.05. The zero-order valence-electron chi connectivity index (χ0n) is 25.7. The van der Waals surface area contributed by atoms with Gasteiger partial charge in [-0.15, -0.1) is 0 Å². The normalized spacial score (nSPS) is 11.1. The monoisotopic (exact) mass is 559 g/mol. The van der Waals surface area contributed by atoms with Crippen molar-refractivity contribution in [1.82, 2.24) is 0 Å². The van der Waals surface area contributed by atoms with Gasteiger partial charge >= 0.3 is 0 Å². The van der Waals surface area contributed by atoms with Crippen molar-refractivity contribution in [3.8, 4) is 22.3 Å². The Bertz CT molecular complexity index is 1820. The van der Waals surface area contributed by atoms with Crippen LogP contribution in [-0.4, -0.2) is 6.54 Å². The number of aryl methyl sites for hydroxylation is 2. The Kier molecular flexibility index (Phi) is 8.70. The largest absolute Gasteiger partial charge is 0.367 e. The summed E-state index contributed by atoms with van der Waals surface area (Å²) in [5.41, 5.74) is 13.2. The summed E-state index contributed by atoms with van der Waals surface area (Å²) in [5, 5.41) is 2.67. The first-order valence-electron chi connectivity index (χ1n) is 15.6. The van der Waals surface area contributed by atoms with Gasteiger partial charge in [-0.3, -0.25) is 0 Å². The third-order valence-electron chi connectivity index (χ3n) is 8.59. The molecule has 0 aliphatic rings. The van der Waals surface area contributed by atoms with Crippen molar-refractivity contribution in [3.63, 3.8) is 0 Å². The van der Waals surface area contributed by atoms with Crippen molar-refractivity contribution < 1.29 is 0 Å². The Labute approximate surface area is 257 Å². The molecule has 0 saturated heterocycles. The smallest absolute Gasteiger partial charge is 0.0432 e. The molecule has 0 unspecified atom stereocenters. The molecule has 0 aliphatic heterocycles. The number of unbranched alkanes of at least 4 members (excludes halogenated alkanes) is 1. The van der Waals surface area contributed by atoms with Gasteiger partial charge in [0.1, 0.15) is 0 Å². The van der Waals surface area contributed by atoms with Crippen LogP contribution in [0.3, 0.4) is 0 Å². The van der Waals surface area contributed by atoms with Crippen LogP contribution in [-0.2, 0) is 13.0 Å². The van der Waals surface area contributed by atoms with Crippen LogP contribution >= 0.6 is 0 Å². The van der Waals surface area contributed by atoms with Crippen molar-refractivity contribution >= 4 is 16.5 Å². The second-order valence-corrected chi connectivity index (χ2v) is 11.8. The number of hydrogen-bond donors (Lipinski definition) is 0. The molecule has 1 nitrogen and oxygen atoms in total. The summed E-state index contributed by atoms with van der Waals surface area (Å²) in [7, 11) is 0. The second kappa shape index (κ2) is 13.1. The summed E-state index contributed by atoms with van der Waals surface area (Å²) in [4.78, 5) is 2.58. The van der Waals surface area contributed by atoms with E-state index >= 15 is 0 Å². The molecule has 0 atom stereocenters. The fourth-order valence-electron chi connectivity index (χ4n) is 6.17. The third-order valence-corrected chi connectivity index (χ3v) is 8.59. The van der Waals surface area contributed by atoms with E-state index in [0.29, 0.717) is 0 Å². The predicted octanol–water partition coefficient (Wildman–Crippen LogP) is 11.2. The maximum Gasteiger partial charge on any atom is 0.0432 e. The van der Waals surface area contributed by atoms with Crippen molar-refractivity contribution in [2.45, 2.75) is 46.6 Å². The van der Waals surface area contributed by atoms with Crippen LogP contribution in [0.25, 0.3) is 33.0 Å². The Morgan fingerprint density at radius 3 is 1.98 bits per heavy atom. The lowest BCUT2D eigenvalue weighted by Crippen LogP contribution is -2.24. The zero-order valence-corrected chi connectivity index (χ0v) is 25.7. The van der Waals surface area contributed by atoms with Gasteiger partial charge in [-0.1, -0.05) is 135 Å². The van der Waals surface area contributed by atoms with Gasteiger partial charge in [-0.05, 0) is 99.7 Å². The molecule has 0 saturated carbocycles. The Morgan fingerprint density at radius 2 is 1.23 bits per heavy atom. The molecule has 1 heteroatoms. The first-order valence-corrected chi connectivity index (χ1v) is 15.6. The molecular weight excluding hydrogens is 518 g/mol. The molecule has 0 amide bonds. The molecule has 43 heavy (non-hydrogen) atoms. The summed E-state index contributed by atoms with van der Waals surface area (Å²) >= 11 is 0. The van der Waals surface area contributed by atoms with Gasteiger partial charge in [-0.2, -0.15) is 0 Å². The Hall–Kier alpha value is -4.62. The highest BCUT2D eigenvalue weighted by atomic mass is 15.1. The summed E-state index contributed by atoms with van der Waals surface area (Å²) in [5.74, 6) is 0. The summed E-state index contributed by atoms with van der Waals surface area (Å²) in [6, 6.07) is 49.0. The highest BCUT2D eigenvalue weighted by Crippen LogP contribution is 2.31. The SMILES string of the molecule is CCCCN(Cc1ccc2ccc(Cc3cccc(-c4ccccc4)c3)cc2c1C)c1cc(C)cc(-c2ccccc2)c1. The van der Waals surface area contributed by atoms with Crippen LogP contribution in [0.5, 0.6) is 0 Å². The van der Waals surface area contributed by atoms with Crippen LogP contribution in [0.1, 0.15) is 47.6 Å². The zero-order chi connectivity index (χ0) is 29.6. The molecule has 0 heterocycles. The van der Waals surface area contributed by atoms with E-state index in [-0.39, 0.29) is 0 Å². The van der Waals surface area contributed by atoms with E-state index < -0.39 is 0 Å². The number of rotatable bonds is 10. The van der Waals surface area contributed by atoms with Gasteiger partial charge in [0.05, 0.1) is 0 Å². The lowest BCUT2D eigenvalue weighted by Gasteiger charge is -2.27. The summed E-state index contributed by atoms with van der Waals surface area (Å²) in [6.45, 7) is 8.75. The third kappa shape index (κ3) is 6.73. The molecule has 0 radical (unpaired) electrons.